The first kappa shape index (κ1) is 15.9. The van der Waals surface area contributed by atoms with Crippen LogP contribution in [0.25, 0.3) is 21.0 Å². The van der Waals surface area contributed by atoms with Gasteiger partial charge >= 0.3 is 6.18 Å². The number of aryl methyl sites for hydroxylation is 1. The Kier molecular flexibility index (Phi) is 4.08. The molecular weight excluding hydrogens is 341 g/mol. The maximum atomic E-state index is 12.6. The lowest BCUT2D eigenvalue weighted by atomic mass is 10.1. The normalized spacial score (nSPS) is 11.7. The average molecular weight is 352 g/mol. The minimum atomic E-state index is -4.34. The Labute approximate surface area is 138 Å². The van der Waals surface area contributed by atoms with Gasteiger partial charge in [0.25, 0.3) is 0 Å². The van der Waals surface area contributed by atoms with Crippen molar-refractivity contribution in [1.29, 1.82) is 5.41 Å². The zero-order valence-corrected chi connectivity index (χ0v) is 13.6. The Hall–Kier alpha value is -1.99. The molecule has 3 aromatic rings. The summed E-state index contributed by atoms with van der Waals surface area (Å²) in [5.41, 5.74) is 2.56. The molecule has 0 spiro atoms. The van der Waals surface area contributed by atoms with Gasteiger partial charge in [0.1, 0.15) is 5.01 Å². The van der Waals surface area contributed by atoms with Crippen molar-refractivity contribution in [3.8, 4) is 21.0 Å². The summed E-state index contributed by atoms with van der Waals surface area (Å²) in [6, 6.07) is 5.02. The molecule has 0 saturated heterocycles. The predicted octanol–water partition coefficient (Wildman–Crippen LogP) is 5.86. The lowest BCUT2D eigenvalue weighted by molar-refractivity contribution is -0.137. The van der Waals surface area contributed by atoms with Crippen LogP contribution in [0.15, 0.2) is 35.0 Å². The van der Waals surface area contributed by atoms with Crippen molar-refractivity contribution in [2.75, 3.05) is 0 Å². The second kappa shape index (κ2) is 5.90. The minimum absolute atomic E-state index is 0.656. The van der Waals surface area contributed by atoms with Gasteiger partial charge in [0.05, 0.1) is 16.1 Å². The first-order chi connectivity index (χ1) is 10.9. The first-order valence-electron chi connectivity index (χ1n) is 6.62. The largest absolute Gasteiger partial charge is 0.416 e. The van der Waals surface area contributed by atoms with Gasteiger partial charge in [-0.05, 0) is 19.1 Å². The molecule has 0 aliphatic carbocycles. The molecular formula is C16H11F3N2S2. The number of thiazole rings is 1. The number of alkyl halides is 3. The van der Waals surface area contributed by atoms with Crippen LogP contribution in [0, 0.1) is 12.3 Å². The van der Waals surface area contributed by atoms with E-state index in [9.17, 15) is 13.2 Å². The summed E-state index contributed by atoms with van der Waals surface area (Å²) in [5.74, 6) is 0. The zero-order valence-electron chi connectivity index (χ0n) is 11.9. The average Bonchev–Trinajstić information content (AvgIpc) is 3.12. The smallest absolute Gasteiger partial charge is 0.308 e. The summed E-state index contributed by atoms with van der Waals surface area (Å²) >= 11 is 2.93. The number of halogens is 3. The maximum absolute atomic E-state index is 12.6. The van der Waals surface area contributed by atoms with Crippen LogP contribution in [0.2, 0.25) is 0 Å². The Morgan fingerprint density at radius 3 is 2.43 bits per heavy atom. The fourth-order valence-corrected chi connectivity index (χ4v) is 4.16. The highest BCUT2D eigenvalue weighted by molar-refractivity contribution is 7.19. The van der Waals surface area contributed by atoms with Gasteiger partial charge in [0.2, 0.25) is 0 Å². The molecule has 2 aromatic heterocycles. The van der Waals surface area contributed by atoms with Crippen LogP contribution in [0.5, 0.6) is 0 Å². The molecule has 1 N–H and O–H groups in total. The summed E-state index contributed by atoms with van der Waals surface area (Å²) in [6.07, 6.45) is -3.04. The van der Waals surface area contributed by atoms with E-state index in [1.54, 1.807) is 0 Å². The fraction of sp³-hybridized carbons (Fsp3) is 0.125. The van der Waals surface area contributed by atoms with Crippen LogP contribution < -0.4 is 0 Å². The molecule has 0 fully saturated rings. The molecule has 0 radical (unpaired) electrons. The molecule has 0 unspecified atom stereocenters. The number of aromatic nitrogens is 1. The molecule has 23 heavy (non-hydrogen) atoms. The summed E-state index contributed by atoms with van der Waals surface area (Å²) in [5, 5.41) is 12.0. The van der Waals surface area contributed by atoms with Crippen molar-refractivity contribution in [3.05, 3.63) is 51.8 Å². The number of nitrogens with zero attached hydrogens (tertiary/aromatic N) is 1. The van der Waals surface area contributed by atoms with Gasteiger partial charge < -0.3 is 5.41 Å². The van der Waals surface area contributed by atoms with Crippen LogP contribution in [-0.2, 0) is 6.18 Å². The van der Waals surface area contributed by atoms with E-state index in [0.29, 0.717) is 10.6 Å². The van der Waals surface area contributed by atoms with Gasteiger partial charge in [-0.25, -0.2) is 4.98 Å². The van der Waals surface area contributed by atoms with E-state index >= 15 is 0 Å². The Morgan fingerprint density at radius 1 is 1.13 bits per heavy atom. The lowest BCUT2D eigenvalue weighted by Crippen LogP contribution is -2.03. The van der Waals surface area contributed by atoms with Crippen molar-refractivity contribution >= 4 is 28.9 Å². The second-order valence-corrected chi connectivity index (χ2v) is 6.64. The molecule has 0 aliphatic rings. The highest BCUT2D eigenvalue weighted by Gasteiger charge is 2.30. The predicted molar refractivity (Wildman–Crippen MR) is 88.5 cm³/mol. The lowest BCUT2D eigenvalue weighted by Gasteiger charge is -2.06. The highest BCUT2D eigenvalue weighted by Crippen LogP contribution is 2.38. The maximum Gasteiger partial charge on any atom is 0.416 e. The molecule has 0 amide bonds. The third-order valence-corrected chi connectivity index (χ3v) is 5.35. The fourth-order valence-electron chi connectivity index (χ4n) is 2.17. The summed E-state index contributed by atoms with van der Waals surface area (Å²) in [4.78, 5) is 5.42. The molecule has 2 heterocycles. The Balaban J connectivity index is 1.99. The highest BCUT2D eigenvalue weighted by atomic mass is 32.1. The van der Waals surface area contributed by atoms with Gasteiger partial charge in [-0.15, -0.1) is 11.3 Å². The van der Waals surface area contributed by atoms with E-state index in [1.807, 2.05) is 17.7 Å². The van der Waals surface area contributed by atoms with Gasteiger partial charge in [0.15, 0.2) is 0 Å². The summed E-state index contributed by atoms with van der Waals surface area (Å²) < 4.78 is 37.9. The molecule has 0 aliphatic heterocycles. The number of rotatable bonds is 3. The van der Waals surface area contributed by atoms with Crippen molar-refractivity contribution < 1.29 is 13.2 Å². The number of hydrogen-bond acceptors (Lipinski definition) is 4. The molecule has 7 heteroatoms. The van der Waals surface area contributed by atoms with E-state index < -0.39 is 11.7 Å². The number of thiophene rings is 1. The number of benzene rings is 1. The standard InChI is InChI=1S/C16H11F3N2S2/c1-9-14(13-8-22-7-11(13)6-20)23-15(21-9)10-2-4-12(5-3-10)16(17,18)19/h2-8,20H,1H3. The Bertz CT molecular complexity index is 845. The first-order valence-corrected chi connectivity index (χ1v) is 8.38. The zero-order chi connectivity index (χ0) is 16.6. The molecule has 0 saturated carbocycles. The van der Waals surface area contributed by atoms with Crippen molar-refractivity contribution in [2.45, 2.75) is 13.1 Å². The quantitative estimate of drug-likeness (QED) is 0.589. The number of hydrogen-bond donors (Lipinski definition) is 1. The molecule has 3 rings (SSSR count). The van der Waals surface area contributed by atoms with Crippen LogP contribution in [-0.4, -0.2) is 11.2 Å². The number of nitrogens with one attached hydrogen (secondary N) is 1. The van der Waals surface area contributed by atoms with Gasteiger partial charge in [0, 0.05) is 33.7 Å². The third kappa shape index (κ3) is 3.07. The van der Waals surface area contributed by atoms with Gasteiger partial charge in [-0.1, -0.05) is 12.1 Å². The third-order valence-electron chi connectivity index (χ3n) is 3.35. The molecule has 0 atom stereocenters. The van der Waals surface area contributed by atoms with Gasteiger partial charge in [-0.2, -0.15) is 24.5 Å². The molecule has 0 bridgehead atoms. The van der Waals surface area contributed by atoms with Crippen molar-refractivity contribution in [2.24, 2.45) is 0 Å². The Morgan fingerprint density at radius 2 is 1.83 bits per heavy atom. The van der Waals surface area contributed by atoms with Crippen LogP contribution in [0.3, 0.4) is 0 Å². The van der Waals surface area contributed by atoms with E-state index in [0.717, 1.165) is 33.8 Å². The van der Waals surface area contributed by atoms with Crippen LogP contribution >= 0.6 is 22.7 Å². The summed E-state index contributed by atoms with van der Waals surface area (Å²) in [6.45, 7) is 1.87. The van der Waals surface area contributed by atoms with Gasteiger partial charge in [-0.3, -0.25) is 0 Å². The molecule has 1 aromatic carbocycles. The van der Waals surface area contributed by atoms with E-state index in [4.69, 9.17) is 5.41 Å². The van der Waals surface area contributed by atoms with E-state index in [-0.39, 0.29) is 0 Å². The molecule has 118 valence electrons. The van der Waals surface area contributed by atoms with E-state index in [2.05, 4.69) is 4.98 Å². The van der Waals surface area contributed by atoms with Crippen LogP contribution in [0.1, 0.15) is 16.8 Å². The second-order valence-electron chi connectivity index (χ2n) is 4.89. The SMILES string of the molecule is Cc1nc(-c2ccc(C(F)(F)F)cc2)sc1-c1cscc1C=N. The summed E-state index contributed by atoms with van der Waals surface area (Å²) in [7, 11) is 0. The topological polar surface area (TPSA) is 36.7 Å². The minimum Gasteiger partial charge on any atom is -0.308 e. The van der Waals surface area contributed by atoms with Crippen molar-refractivity contribution in [1.82, 2.24) is 4.98 Å². The van der Waals surface area contributed by atoms with E-state index in [1.165, 1.54) is 41.0 Å². The van der Waals surface area contributed by atoms with Crippen molar-refractivity contribution in [3.63, 3.8) is 0 Å². The van der Waals surface area contributed by atoms with Crippen LogP contribution in [0.4, 0.5) is 13.2 Å². The molecule has 2 nitrogen and oxygen atoms in total. The monoisotopic (exact) mass is 352 g/mol.